The van der Waals surface area contributed by atoms with E-state index in [1.807, 2.05) is 24.3 Å². The maximum atomic E-state index is 12.0. The number of phenols is 2. The normalized spacial score (nSPS) is 10.3. The molecule has 3 N–H and O–H groups in total. The van der Waals surface area contributed by atoms with Crippen molar-refractivity contribution in [2.45, 2.75) is 13.0 Å². The summed E-state index contributed by atoms with van der Waals surface area (Å²) in [6.07, 6.45) is 0.719. The van der Waals surface area contributed by atoms with E-state index in [4.69, 9.17) is 11.6 Å². The van der Waals surface area contributed by atoms with Crippen LogP contribution in [0.5, 0.6) is 11.5 Å². The van der Waals surface area contributed by atoms with Gasteiger partial charge in [0.2, 0.25) is 0 Å². The molecule has 0 aromatic heterocycles. The Hall–Kier alpha value is -2.40. The number of nitrogens with zero attached hydrogens (tertiary/aromatic N) is 1. The van der Waals surface area contributed by atoms with Crippen LogP contribution in [0.2, 0.25) is 5.02 Å². The number of amides is 2. The zero-order chi connectivity index (χ0) is 16.8. The predicted octanol–water partition coefficient (Wildman–Crippen LogP) is 3.14. The van der Waals surface area contributed by atoms with Gasteiger partial charge in [-0.15, -0.1) is 0 Å². The lowest BCUT2D eigenvalue weighted by molar-refractivity contribution is 0.207. The lowest BCUT2D eigenvalue weighted by atomic mass is 10.1. The summed E-state index contributed by atoms with van der Waals surface area (Å²) in [4.78, 5) is 13.5. The Balaban J connectivity index is 1.80. The zero-order valence-corrected chi connectivity index (χ0v) is 13.5. The summed E-state index contributed by atoms with van der Waals surface area (Å²) in [7, 11) is 1.67. The number of aromatic hydroxyl groups is 2. The van der Waals surface area contributed by atoms with Crippen LogP contribution in [0, 0.1) is 0 Å². The molecule has 0 spiro atoms. The van der Waals surface area contributed by atoms with Gasteiger partial charge in [-0.1, -0.05) is 29.8 Å². The van der Waals surface area contributed by atoms with E-state index >= 15 is 0 Å². The highest BCUT2D eigenvalue weighted by Gasteiger charge is 2.09. The van der Waals surface area contributed by atoms with Crippen LogP contribution in [0.3, 0.4) is 0 Å². The molecule has 2 rings (SSSR count). The molecule has 0 bridgehead atoms. The van der Waals surface area contributed by atoms with Crippen LogP contribution in [-0.4, -0.2) is 34.7 Å². The first-order chi connectivity index (χ1) is 11.0. The van der Waals surface area contributed by atoms with Gasteiger partial charge in [-0.05, 0) is 41.8 Å². The maximum absolute atomic E-state index is 12.0. The fourth-order valence-electron chi connectivity index (χ4n) is 2.11. The van der Waals surface area contributed by atoms with E-state index in [0.717, 1.165) is 17.5 Å². The number of hydrogen-bond donors (Lipinski definition) is 3. The van der Waals surface area contributed by atoms with E-state index in [-0.39, 0.29) is 17.5 Å². The molecule has 6 heteroatoms. The summed E-state index contributed by atoms with van der Waals surface area (Å²) in [6.45, 7) is 0.853. The molecule has 0 aliphatic heterocycles. The van der Waals surface area contributed by atoms with Crippen LogP contribution in [0.4, 0.5) is 4.79 Å². The first kappa shape index (κ1) is 17.0. The topological polar surface area (TPSA) is 72.8 Å². The summed E-state index contributed by atoms with van der Waals surface area (Å²) in [5, 5.41) is 22.3. The Morgan fingerprint density at radius 2 is 1.74 bits per heavy atom. The molecule has 5 nitrogen and oxygen atoms in total. The smallest absolute Gasteiger partial charge is 0.317 e. The van der Waals surface area contributed by atoms with Crippen molar-refractivity contribution in [2.24, 2.45) is 0 Å². The monoisotopic (exact) mass is 334 g/mol. The minimum absolute atomic E-state index is 0.177. The maximum Gasteiger partial charge on any atom is 0.317 e. The minimum atomic E-state index is -0.202. The third kappa shape index (κ3) is 5.07. The number of benzene rings is 2. The zero-order valence-electron chi connectivity index (χ0n) is 12.8. The second-order valence-electron chi connectivity index (χ2n) is 5.29. The number of urea groups is 1. The van der Waals surface area contributed by atoms with Gasteiger partial charge in [0.15, 0.2) is 11.5 Å². The molecule has 2 aromatic carbocycles. The molecule has 0 aliphatic carbocycles. The van der Waals surface area contributed by atoms with Crippen molar-refractivity contribution in [3.05, 3.63) is 58.6 Å². The van der Waals surface area contributed by atoms with Crippen molar-refractivity contribution in [1.82, 2.24) is 10.2 Å². The second-order valence-corrected chi connectivity index (χ2v) is 5.72. The lowest BCUT2D eigenvalue weighted by Gasteiger charge is -2.18. The molecule has 2 aromatic rings. The Kier molecular flexibility index (Phi) is 5.71. The molecule has 0 saturated heterocycles. The number of nitrogens with one attached hydrogen (secondary N) is 1. The average Bonchev–Trinajstić information content (AvgIpc) is 2.52. The van der Waals surface area contributed by atoms with Crippen molar-refractivity contribution in [1.29, 1.82) is 0 Å². The molecule has 2 amide bonds. The Morgan fingerprint density at radius 1 is 1.09 bits per heavy atom. The largest absolute Gasteiger partial charge is 0.504 e. The number of rotatable bonds is 5. The van der Waals surface area contributed by atoms with Gasteiger partial charge in [-0.3, -0.25) is 0 Å². The van der Waals surface area contributed by atoms with Crippen LogP contribution < -0.4 is 5.32 Å². The van der Waals surface area contributed by atoms with Crippen LogP contribution in [0.1, 0.15) is 11.1 Å². The summed E-state index contributed by atoms with van der Waals surface area (Å²) in [6, 6.07) is 11.8. The summed E-state index contributed by atoms with van der Waals surface area (Å²) >= 11 is 5.83. The van der Waals surface area contributed by atoms with Crippen LogP contribution in [0.15, 0.2) is 42.5 Å². The van der Waals surface area contributed by atoms with Gasteiger partial charge < -0.3 is 20.4 Å². The van der Waals surface area contributed by atoms with Gasteiger partial charge in [0, 0.05) is 25.2 Å². The Morgan fingerprint density at radius 3 is 2.39 bits per heavy atom. The lowest BCUT2D eigenvalue weighted by Crippen LogP contribution is -2.37. The highest BCUT2D eigenvalue weighted by molar-refractivity contribution is 6.30. The third-order valence-electron chi connectivity index (χ3n) is 3.41. The van der Waals surface area contributed by atoms with Crippen LogP contribution in [0.25, 0.3) is 0 Å². The van der Waals surface area contributed by atoms with E-state index in [1.54, 1.807) is 13.1 Å². The Bertz CT molecular complexity index is 674. The molecule has 0 saturated carbocycles. The standard InChI is InChI=1S/C17H19ClN2O3/c1-20(11-13-4-7-15(21)16(22)10-13)17(23)19-9-8-12-2-5-14(18)6-3-12/h2-7,10,21-22H,8-9,11H2,1H3,(H,19,23). The molecule has 0 radical (unpaired) electrons. The van der Waals surface area contributed by atoms with Crippen LogP contribution in [-0.2, 0) is 13.0 Å². The van der Waals surface area contributed by atoms with Gasteiger partial charge in [-0.25, -0.2) is 4.79 Å². The Labute approximate surface area is 140 Å². The highest BCUT2D eigenvalue weighted by Crippen LogP contribution is 2.25. The molecular weight excluding hydrogens is 316 g/mol. The molecule has 23 heavy (non-hydrogen) atoms. The summed E-state index contributed by atoms with van der Waals surface area (Å²) < 4.78 is 0. The van der Waals surface area contributed by atoms with Crippen molar-refractivity contribution in [3.63, 3.8) is 0 Å². The summed E-state index contributed by atoms with van der Waals surface area (Å²) in [5.74, 6) is -0.372. The first-order valence-corrected chi connectivity index (χ1v) is 7.58. The fraction of sp³-hybridized carbons (Fsp3) is 0.235. The first-order valence-electron chi connectivity index (χ1n) is 7.20. The van der Waals surface area contributed by atoms with E-state index in [2.05, 4.69) is 5.32 Å². The van der Waals surface area contributed by atoms with E-state index in [1.165, 1.54) is 17.0 Å². The van der Waals surface area contributed by atoms with Gasteiger partial charge in [0.05, 0.1) is 0 Å². The molecule has 0 heterocycles. The predicted molar refractivity (Wildman–Crippen MR) is 89.8 cm³/mol. The van der Waals surface area contributed by atoms with E-state index in [9.17, 15) is 15.0 Å². The van der Waals surface area contributed by atoms with Crippen molar-refractivity contribution >= 4 is 17.6 Å². The highest BCUT2D eigenvalue weighted by atomic mass is 35.5. The van der Waals surface area contributed by atoms with Gasteiger partial charge in [-0.2, -0.15) is 0 Å². The summed E-state index contributed by atoms with van der Waals surface area (Å²) in [5.41, 5.74) is 1.83. The second kappa shape index (κ2) is 7.74. The number of hydrogen-bond acceptors (Lipinski definition) is 3. The van der Waals surface area contributed by atoms with Gasteiger partial charge in [0.1, 0.15) is 0 Å². The van der Waals surface area contributed by atoms with Crippen molar-refractivity contribution in [2.75, 3.05) is 13.6 Å². The number of phenolic OH excluding ortho intramolecular Hbond substituents is 2. The third-order valence-corrected chi connectivity index (χ3v) is 3.66. The van der Waals surface area contributed by atoms with Crippen LogP contribution >= 0.6 is 11.6 Å². The quantitative estimate of drug-likeness (QED) is 0.735. The SMILES string of the molecule is CN(Cc1ccc(O)c(O)c1)C(=O)NCCc1ccc(Cl)cc1. The van der Waals surface area contributed by atoms with Crippen molar-refractivity contribution in [3.8, 4) is 11.5 Å². The molecule has 0 atom stereocenters. The molecule has 0 fully saturated rings. The molecule has 122 valence electrons. The number of carbonyl (C=O) groups excluding carboxylic acids is 1. The number of carbonyl (C=O) groups is 1. The number of halogens is 1. The molecular formula is C17H19ClN2O3. The minimum Gasteiger partial charge on any atom is -0.504 e. The molecule has 0 unspecified atom stereocenters. The van der Waals surface area contributed by atoms with Gasteiger partial charge >= 0.3 is 6.03 Å². The van der Waals surface area contributed by atoms with E-state index in [0.29, 0.717) is 18.1 Å². The van der Waals surface area contributed by atoms with E-state index < -0.39 is 0 Å². The molecule has 0 aliphatic rings. The van der Waals surface area contributed by atoms with Crippen molar-refractivity contribution < 1.29 is 15.0 Å². The average molecular weight is 335 g/mol. The fourth-order valence-corrected chi connectivity index (χ4v) is 2.24. The van der Waals surface area contributed by atoms with Gasteiger partial charge in [0.25, 0.3) is 0 Å².